The van der Waals surface area contributed by atoms with Crippen molar-refractivity contribution >= 4 is 0 Å². The van der Waals surface area contributed by atoms with Crippen LogP contribution in [0.25, 0.3) is 0 Å². The summed E-state index contributed by atoms with van der Waals surface area (Å²) < 4.78 is 0. The lowest BCUT2D eigenvalue weighted by molar-refractivity contribution is -0.0325. The van der Waals surface area contributed by atoms with Crippen molar-refractivity contribution in [3.63, 3.8) is 0 Å². The lowest BCUT2D eigenvalue weighted by atomic mass is 9.47. The zero-order chi connectivity index (χ0) is 9.16. The van der Waals surface area contributed by atoms with Crippen molar-refractivity contribution in [1.29, 1.82) is 0 Å². The molecule has 0 saturated heterocycles. The summed E-state index contributed by atoms with van der Waals surface area (Å²) in [7, 11) is 0. The van der Waals surface area contributed by atoms with Gasteiger partial charge in [0.15, 0.2) is 0 Å². The Morgan fingerprint density at radius 3 is 2.62 bits per heavy atom. The first-order valence-corrected chi connectivity index (χ1v) is 5.87. The highest BCUT2D eigenvalue weighted by Crippen LogP contribution is 2.60. The number of allylic oxidation sites excluding steroid dienone is 1. The van der Waals surface area contributed by atoms with Crippen molar-refractivity contribution in [3.05, 3.63) is 12.2 Å². The zero-order valence-corrected chi connectivity index (χ0v) is 8.79. The molecule has 0 heterocycles. The Balaban J connectivity index is 1.99. The van der Waals surface area contributed by atoms with Gasteiger partial charge in [-0.25, -0.2) is 0 Å². The summed E-state index contributed by atoms with van der Waals surface area (Å²) >= 11 is 0. The van der Waals surface area contributed by atoms with E-state index in [1.165, 1.54) is 19.3 Å². The van der Waals surface area contributed by atoms with Gasteiger partial charge in [-0.05, 0) is 54.8 Å². The molecule has 0 aromatic rings. The largest absolute Gasteiger partial charge is 0.0993 e. The Bertz CT molecular complexity index is 253. The third-order valence-electron chi connectivity index (χ3n) is 5.43. The van der Waals surface area contributed by atoms with E-state index in [0.717, 1.165) is 35.5 Å². The lowest BCUT2D eigenvalue weighted by Gasteiger charge is -2.58. The van der Waals surface area contributed by atoms with Gasteiger partial charge in [-0.15, -0.1) is 0 Å². The molecule has 6 atom stereocenters. The second-order valence-electron chi connectivity index (χ2n) is 5.73. The van der Waals surface area contributed by atoms with Crippen molar-refractivity contribution in [1.82, 2.24) is 0 Å². The van der Waals surface area contributed by atoms with E-state index in [9.17, 15) is 0 Å². The van der Waals surface area contributed by atoms with E-state index in [2.05, 4.69) is 20.4 Å². The van der Waals surface area contributed by atoms with Crippen LogP contribution in [0.5, 0.6) is 0 Å². The van der Waals surface area contributed by atoms with Crippen molar-refractivity contribution in [3.8, 4) is 0 Å². The number of rotatable bonds is 0. The molecule has 0 nitrogen and oxygen atoms in total. The summed E-state index contributed by atoms with van der Waals surface area (Å²) in [6.45, 7) is 9.29. The van der Waals surface area contributed by atoms with Gasteiger partial charge in [0.05, 0.1) is 0 Å². The summed E-state index contributed by atoms with van der Waals surface area (Å²) in [5, 5.41) is 0. The van der Waals surface area contributed by atoms with E-state index in [0.29, 0.717) is 0 Å². The molecule has 0 N–H and O–H groups in total. The smallest absolute Gasteiger partial charge is 0.0172 e. The van der Waals surface area contributed by atoms with Crippen LogP contribution in [0.1, 0.15) is 33.1 Å². The first kappa shape index (κ1) is 8.08. The highest BCUT2D eigenvalue weighted by atomic mass is 14.6. The highest BCUT2D eigenvalue weighted by Gasteiger charge is 2.51. The summed E-state index contributed by atoms with van der Waals surface area (Å²) in [4.78, 5) is 0. The van der Waals surface area contributed by atoms with Gasteiger partial charge in [0.2, 0.25) is 0 Å². The van der Waals surface area contributed by atoms with Crippen molar-refractivity contribution in [2.24, 2.45) is 35.5 Å². The maximum atomic E-state index is 4.33. The molecule has 13 heavy (non-hydrogen) atoms. The minimum atomic E-state index is 0.902. The molecule has 0 aromatic heterocycles. The number of hydrogen-bond acceptors (Lipinski definition) is 0. The average molecular weight is 176 g/mol. The summed E-state index contributed by atoms with van der Waals surface area (Å²) in [6.07, 6.45) is 4.40. The third kappa shape index (κ3) is 0.872. The Morgan fingerprint density at radius 2 is 1.85 bits per heavy atom. The molecular formula is C13H20. The molecule has 4 saturated carbocycles. The predicted octanol–water partition coefficient (Wildman–Crippen LogP) is 3.49. The maximum Gasteiger partial charge on any atom is -0.0172 e. The minimum absolute atomic E-state index is 0.902. The average Bonchev–Trinajstić information content (AvgIpc) is 2.10. The first-order chi connectivity index (χ1) is 6.18. The zero-order valence-electron chi connectivity index (χ0n) is 8.79. The second-order valence-corrected chi connectivity index (χ2v) is 5.73. The molecule has 6 unspecified atom stereocenters. The van der Waals surface area contributed by atoms with Gasteiger partial charge in [-0.3, -0.25) is 0 Å². The molecule has 0 aromatic carbocycles. The van der Waals surface area contributed by atoms with Crippen LogP contribution in [0.4, 0.5) is 0 Å². The summed E-state index contributed by atoms with van der Waals surface area (Å²) in [6, 6.07) is 0. The normalized spacial score (nSPS) is 58.8. The Kier molecular flexibility index (Phi) is 1.49. The second kappa shape index (κ2) is 2.40. The Hall–Kier alpha value is -0.260. The molecule has 4 aliphatic carbocycles. The molecule has 0 radical (unpaired) electrons. The van der Waals surface area contributed by atoms with Crippen LogP contribution < -0.4 is 0 Å². The van der Waals surface area contributed by atoms with Crippen molar-refractivity contribution in [2.45, 2.75) is 33.1 Å². The molecule has 0 heteroatoms. The predicted molar refractivity (Wildman–Crippen MR) is 55.3 cm³/mol. The Morgan fingerprint density at radius 1 is 1.08 bits per heavy atom. The fourth-order valence-electron chi connectivity index (χ4n) is 4.51. The lowest BCUT2D eigenvalue weighted by Crippen LogP contribution is -2.49. The van der Waals surface area contributed by atoms with Crippen LogP contribution in [0.3, 0.4) is 0 Å². The van der Waals surface area contributed by atoms with E-state index >= 15 is 0 Å². The van der Waals surface area contributed by atoms with E-state index in [1.54, 1.807) is 5.57 Å². The summed E-state index contributed by atoms with van der Waals surface area (Å²) in [5.74, 6) is 5.86. The van der Waals surface area contributed by atoms with E-state index in [4.69, 9.17) is 0 Å². The molecule has 4 aliphatic rings. The number of hydrogen-bond donors (Lipinski definition) is 0. The van der Waals surface area contributed by atoms with E-state index < -0.39 is 0 Å². The third-order valence-corrected chi connectivity index (χ3v) is 5.43. The van der Waals surface area contributed by atoms with E-state index in [-0.39, 0.29) is 0 Å². The molecular weight excluding hydrogens is 156 g/mol. The molecule has 4 rings (SSSR count). The van der Waals surface area contributed by atoms with Crippen LogP contribution in [0, 0.1) is 35.5 Å². The molecule has 72 valence electrons. The monoisotopic (exact) mass is 176 g/mol. The first-order valence-electron chi connectivity index (χ1n) is 5.87. The van der Waals surface area contributed by atoms with Gasteiger partial charge in [-0.2, -0.15) is 0 Å². The minimum Gasteiger partial charge on any atom is -0.0993 e. The van der Waals surface area contributed by atoms with Crippen molar-refractivity contribution < 1.29 is 0 Å². The summed E-state index contributed by atoms with van der Waals surface area (Å²) in [5.41, 5.74) is 1.62. The van der Waals surface area contributed by atoms with E-state index in [1.807, 2.05) is 0 Å². The van der Waals surface area contributed by atoms with Crippen LogP contribution in [0.15, 0.2) is 12.2 Å². The van der Waals surface area contributed by atoms with Gasteiger partial charge in [0.1, 0.15) is 0 Å². The molecule has 0 amide bonds. The van der Waals surface area contributed by atoms with Crippen molar-refractivity contribution in [2.75, 3.05) is 0 Å². The quantitative estimate of drug-likeness (QED) is 0.496. The fraction of sp³-hybridized carbons (Fsp3) is 0.846. The molecule has 0 aliphatic heterocycles. The van der Waals surface area contributed by atoms with Crippen LogP contribution in [-0.4, -0.2) is 0 Å². The SMILES string of the molecule is C=C1C2CC3CC1C(C)C(C2)C3C. The van der Waals surface area contributed by atoms with Gasteiger partial charge in [-0.1, -0.05) is 26.0 Å². The topological polar surface area (TPSA) is 0 Å². The van der Waals surface area contributed by atoms with Gasteiger partial charge >= 0.3 is 0 Å². The standard InChI is InChI=1S/C13H20/c1-7-10-4-11-6-12(7)9(3)13(5-10)8(11)2/h8-13H,1,4-6H2,2-3H3. The fourth-order valence-corrected chi connectivity index (χ4v) is 4.51. The van der Waals surface area contributed by atoms with Crippen LogP contribution in [-0.2, 0) is 0 Å². The van der Waals surface area contributed by atoms with Crippen LogP contribution in [0.2, 0.25) is 0 Å². The van der Waals surface area contributed by atoms with Gasteiger partial charge in [0.25, 0.3) is 0 Å². The Labute approximate surface area is 81.4 Å². The molecule has 0 spiro atoms. The molecule has 4 fully saturated rings. The maximum absolute atomic E-state index is 4.33. The van der Waals surface area contributed by atoms with Crippen LogP contribution >= 0.6 is 0 Å². The highest BCUT2D eigenvalue weighted by molar-refractivity contribution is 5.19. The van der Waals surface area contributed by atoms with Gasteiger partial charge in [0, 0.05) is 0 Å². The molecule has 4 bridgehead atoms. The van der Waals surface area contributed by atoms with Gasteiger partial charge < -0.3 is 0 Å².